The molecule has 0 atom stereocenters. The highest BCUT2D eigenvalue weighted by molar-refractivity contribution is 5.57. The van der Waals surface area contributed by atoms with Crippen LogP contribution in [0.25, 0.3) is 0 Å². The van der Waals surface area contributed by atoms with E-state index in [9.17, 15) is 0 Å². The molecule has 15 heavy (non-hydrogen) atoms. The summed E-state index contributed by atoms with van der Waals surface area (Å²) in [7, 11) is 0. The van der Waals surface area contributed by atoms with E-state index in [1.165, 1.54) is 24.2 Å². The Bertz CT molecular complexity index is 320. The van der Waals surface area contributed by atoms with Gasteiger partial charge in [-0.3, -0.25) is 0 Å². The van der Waals surface area contributed by atoms with Gasteiger partial charge in [0.15, 0.2) is 0 Å². The first-order chi connectivity index (χ1) is 7.27. The van der Waals surface area contributed by atoms with Gasteiger partial charge in [0.1, 0.15) is 0 Å². The van der Waals surface area contributed by atoms with Gasteiger partial charge in [0, 0.05) is 31.4 Å². The molecule has 1 aromatic rings. The van der Waals surface area contributed by atoms with Crippen LogP contribution < -0.4 is 10.2 Å². The van der Waals surface area contributed by atoms with Gasteiger partial charge in [0.2, 0.25) is 0 Å². The minimum atomic E-state index is 0.586. The van der Waals surface area contributed by atoms with Crippen molar-refractivity contribution < 1.29 is 0 Å². The maximum Gasteiger partial charge on any atom is 0.0399 e. The van der Waals surface area contributed by atoms with E-state index >= 15 is 0 Å². The zero-order valence-electron chi connectivity index (χ0n) is 9.66. The fourth-order valence-electron chi connectivity index (χ4n) is 2.13. The van der Waals surface area contributed by atoms with Gasteiger partial charge in [-0.1, -0.05) is 32.0 Å². The Hall–Kier alpha value is -1.02. The van der Waals surface area contributed by atoms with Crippen LogP contribution in [0.15, 0.2) is 24.3 Å². The molecule has 0 spiro atoms. The third-order valence-electron chi connectivity index (χ3n) is 2.92. The van der Waals surface area contributed by atoms with Crippen LogP contribution in [0.2, 0.25) is 0 Å². The van der Waals surface area contributed by atoms with Crippen molar-refractivity contribution in [2.24, 2.45) is 0 Å². The summed E-state index contributed by atoms with van der Waals surface area (Å²) in [6.07, 6.45) is 1.21. The molecular formula is C13H20N2. The summed E-state index contributed by atoms with van der Waals surface area (Å²) >= 11 is 0. The predicted octanol–water partition coefficient (Wildman–Crippen LogP) is 2.05. The molecule has 2 heteroatoms. The van der Waals surface area contributed by atoms with Crippen LogP contribution in [-0.4, -0.2) is 25.7 Å². The highest BCUT2D eigenvalue weighted by Crippen LogP contribution is 2.26. The van der Waals surface area contributed by atoms with Crippen LogP contribution in [0.1, 0.15) is 19.4 Å². The molecule has 0 saturated heterocycles. The molecule has 0 saturated carbocycles. The molecule has 0 fully saturated rings. The summed E-state index contributed by atoms with van der Waals surface area (Å²) < 4.78 is 0. The van der Waals surface area contributed by atoms with E-state index in [1.54, 1.807) is 0 Å². The van der Waals surface area contributed by atoms with Crippen LogP contribution in [-0.2, 0) is 6.42 Å². The first-order valence-corrected chi connectivity index (χ1v) is 5.83. The lowest BCUT2D eigenvalue weighted by atomic mass is 10.2. The third-order valence-corrected chi connectivity index (χ3v) is 2.92. The van der Waals surface area contributed by atoms with Crippen LogP contribution in [0.3, 0.4) is 0 Å². The van der Waals surface area contributed by atoms with Gasteiger partial charge in [-0.15, -0.1) is 0 Å². The van der Waals surface area contributed by atoms with E-state index < -0.39 is 0 Å². The van der Waals surface area contributed by atoms with Crippen molar-refractivity contribution in [2.75, 3.05) is 24.5 Å². The normalized spacial score (nSPS) is 14.7. The maximum atomic E-state index is 3.46. The second-order valence-electron chi connectivity index (χ2n) is 4.47. The molecule has 82 valence electrons. The zero-order valence-corrected chi connectivity index (χ0v) is 9.66. The molecule has 2 rings (SSSR count). The number of benzene rings is 1. The van der Waals surface area contributed by atoms with Crippen LogP contribution in [0.5, 0.6) is 0 Å². The van der Waals surface area contributed by atoms with Crippen molar-refractivity contribution in [2.45, 2.75) is 26.3 Å². The molecular weight excluding hydrogens is 184 g/mol. The summed E-state index contributed by atoms with van der Waals surface area (Å²) in [5, 5.41) is 3.46. The van der Waals surface area contributed by atoms with Gasteiger partial charge >= 0.3 is 0 Å². The van der Waals surface area contributed by atoms with Crippen LogP contribution in [0, 0.1) is 0 Å². The number of nitrogens with one attached hydrogen (secondary N) is 1. The van der Waals surface area contributed by atoms with E-state index in [-0.39, 0.29) is 0 Å². The van der Waals surface area contributed by atoms with E-state index in [0.29, 0.717) is 6.04 Å². The number of fused-ring (bicyclic) bond motifs is 1. The van der Waals surface area contributed by atoms with Crippen molar-refractivity contribution in [3.63, 3.8) is 0 Å². The Morgan fingerprint density at radius 3 is 2.93 bits per heavy atom. The van der Waals surface area contributed by atoms with E-state index in [4.69, 9.17) is 0 Å². The minimum Gasteiger partial charge on any atom is -0.370 e. The molecule has 1 aromatic carbocycles. The Kier molecular flexibility index (Phi) is 3.27. The lowest BCUT2D eigenvalue weighted by molar-refractivity contribution is 0.585. The van der Waals surface area contributed by atoms with E-state index in [0.717, 1.165) is 13.1 Å². The number of nitrogens with zero attached hydrogens (tertiary/aromatic N) is 1. The average molecular weight is 204 g/mol. The van der Waals surface area contributed by atoms with E-state index in [1.807, 2.05) is 0 Å². The number of rotatable bonds is 4. The summed E-state index contributed by atoms with van der Waals surface area (Å²) in [5.74, 6) is 0. The Morgan fingerprint density at radius 2 is 2.13 bits per heavy atom. The Balaban J connectivity index is 1.90. The molecule has 0 unspecified atom stereocenters. The number of anilines is 1. The maximum absolute atomic E-state index is 3.46. The number of hydrogen-bond donors (Lipinski definition) is 1. The van der Waals surface area contributed by atoms with Crippen molar-refractivity contribution >= 4 is 5.69 Å². The van der Waals surface area contributed by atoms with Gasteiger partial charge in [0.05, 0.1) is 0 Å². The zero-order chi connectivity index (χ0) is 10.7. The highest BCUT2D eigenvalue weighted by Gasteiger charge is 2.17. The van der Waals surface area contributed by atoms with Gasteiger partial charge in [0.25, 0.3) is 0 Å². The molecule has 1 heterocycles. The fourth-order valence-corrected chi connectivity index (χ4v) is 2.13. The van der Waals surface area contributed by atoms with Crippen molar-refractivity contribution in [1.82, 2.24) is 5.32 Å². The first kappa shape index (κ1) is 10.5. The summed E-state index contributed by atoms with van der Waals surface area (Å²) in [6.45, 7) is 7.76. The number of para-hydroxylation sites is 1. The quantitative estimate of drug-likeness (QED) is 0.807. The van der Waals surface area contributed by atoms with E-state index in [2.05, 4.69) is 48.3 Å². The van der Waals surface area contributed by atoms with Gasteiger partial charge in [-0.25, -0.2) is 0 Å². The Labute approximate surface area is 92.3 Å². The monoisotopic (exact) mass is 204 g/mol. The molecule has 0 aliphatic carbocycles. The molecule has 0 aromatic heterocycles. The molecule has 0 bridgehead atoms. The summed E-state index contributed by atoms with van der Waals surface area (Å²) in [5.41, 5.74) is 2.94. The SMILES string of the molecule is CC(C)NCCN1CCc2ccccc21. The standard InChI is InChI=1S/C13H20N2/c1-11(2)14-8-10-15-9-7-12-5-3-4-6-13(12)15/h3-6,11,14H,7-10H2,1-2H3. The second-order valence-corrected chi connectivity index (χ2v) is 4.47. The lowest BCUT2D eigenvalue weighted by Crippen LogP contribution is -2.33. The molecule has 1 N–H and O–H groups in total. The average Bonchev–Trinajstić information content (AvgIpc) is 2.62. The van der Waals surface area contributed by atoms with Gasteiger partial charge < -0.3 is 10.2 Å². The summed E-state index contributed by atoms with van der Waals surface area (Å²) in [4.78, 5) is 2.48. The van der Waals surface area contributed by atoms with Crippen molar-refractivity contribution in [3.8, 4) is 0 Å². The van der Waals surface area contributed by atoms with Gasteiger partial charge in [-0.2, -0.15) is 0 Å². The number of hydrogen-bond acceptors (Lipinski definition) is 2. The lowest BCUT2D eigenvalue weighted by Gasteiger charge is -2.20. The van der Waals surface area contributed by atoms with Crippen LogP contribution in [0.4, 0.5) is 5.69 Å². The molecule has 0 amide bonds. The molecule has 1 aliphatic heterocycles. The highest BCUT2D eigenvalue weighted by atomic mass is 15.2. The van der Waals surface area contributed by atoms with Crippen LogP contribution >= 0.6 is 0 Å². The second kappa shape index (κ2) is 4.67. The van der Waals surface area contributed by atoms with Crippen molar-refractivity contribution in [1.29, 1.82) is 0 Å². The minimum absolute atomic E-state index is 0.586. The molecule has 1 aliphatic rings. The topological polar surface area (TPSA) is 15.3 Å². The predicted molar refractivity (Wildman–Crippen MR) is 65.5 cm³/mol. The van der Waals surface area contributed by atoms with Crippen molar-refractivity contribution in [3.05, 3.63) is 29.8 Å². The Morgan fingerprint density at radius 1 is 1.33 bits per heavy atom. The smallest absolute Gasteiger partial charge is 0.0399 e. The molecule has 2 nitrogen and oxygen atoms in total. The van der Waals surface area contributed by atoms with Gasteiger partial charge in [-0.05, 0) is 18.1 Å². The molecule has 0 radical (unpaired) electrons. The fraction of sp³-hybridized carbons (Fsp3) is 0.538. The summed E-state index contributed by atoms with van der Waals surface area (Å²) in [6, 6.07) is 9.33. The third kappa shape index (κ3) is 2.51. The first-order valence-electron chi connectivity index (χ1n) is 5.83. The largest absolute Gasteiger partial charge is 0.370 e.